The molecule has 3 aromatic rings. The fourth-order valence-electron chi connectivity index (χ4n) is 2.24. The molecule has 0 saturated carbocycles. The van der Waals surface area contributed by atoms with Crippen molar-refractivity contribution in [2.75, 3.05) is 0 Å². The van der Waals surface area contributed by atoms with Crippen molar-refractivity contribution in [2.45, 2.75) is 13.0 Å². The second-order valence-corrected chi connectivity index (χ2v) is 4.71. The van der Waals surface area contributed by atoms with Crippen LogP contribution in [0.25, 0.3) is 11.0 Å². The van der Waals surface area contributed by atoms with E-state index in [0.29, 0.717) is 5.58 Å². The van der Waals surface area contributed by atoms with Crippen molar-refractivity contribution in [3.8, 4) is 0 Å². The maximum atomic E-state index is 13.7. The highest BCUT2D eigenvalue weighted by Gasteiger charge is 2.20. The molecule has 0 aliphatic heterocycles. The summed E-state index contributed by atoms with van der Waals surface area (Å²) in [4.78, 5) is 0. The van der Waals surface area contributed by atoms with Gasteiger partial charge in [0.05, 0.1) is 0 Å². The highest BCUT2D eigenvalue weighted by molar-refractivity contribution is 5.81. The summed E-state index contributed by atoms with van der Waals surface area (Å²) in [5.74, 6) is -1.24. The number of halogens is 2. The number of rotatable bonds is 2. The average Bonchev–Trinajstić information content (AvgIpc) is 2.83. The molecule has 0 aliphatic carbocycles. The lowest BCUT2D eigenvalue weighted by atomic mass is 10.1. The topological polar surface area (TPSA) is 33.4 Å². The van der Waals surface area contributed by atoms with E-state index in [9.17, 15) is 13.9 Å². The Morgan fingerprint density at radius 2 is 1.90 bits per heavy atom. The summed E-state index contributed by atoms with van der Waals surface area (Å²) in [5.41, 5.74) is 1.58. The molecule has 0 radical (unpaired) electrons. The van der Waals surface area contributed by atoms with Crippen LogP contribution in [-0.4, -0.2) is 5.11 Å². The molecular formula is C16H12F2O2. The third-order valence-corrected chi connectivity index (χ3v) is 3.29. The van der Waals surface area contributed by atoms with E-state index in [1.54, 1.807) is 6.07 Å². The second-order valence-electron chi connectivity index (χ2n) is 4.71. The summed E-state index contributed by atoms with van der Waals surface area (Å²) < 4.78 is 32.2. The third kappa shape index (κ3) is 2.08. The molecule has 1 unspecified atom stereocenters. The minimum atomic E-state index is -1.26. The van der Waals surface area contributed by atoms with Crippen LogP contribution in [0, 0.1) is 18.6 Å². The first kappa shape index (κ1) is 12.8. The van der Waals surface area contributed by atoms with Gasteiger partial charge in [0.15, 0.2) is 0 Å². The lowest BCUT2D eigenvalue weighted by Gasteiger charge is -2.09. The molecule has 0 spiro atoms. The van der Waals surface area contributed by atoms with Crippen LogP contribution in [0.3, 0.4) is 0 Å². The van der Waals surface area contributed by atoms with Gasteiger partial charge in [-0.2, -0.15) is 0 Å². The van der Waals surface area contributed by atoms with Gasteiger partial charge in [-0.05, 0) is 24.6 Å². The fraction of sp³-hybridized carbons (Fsp3) is 0.125. The molecule has 0 saturated heterocycles. The molecule has 1 heterocycles. The molecule has 0 aliphatic rings. The number of furan rings is 1. The smallest absolute Gasteiger partial charge is 0.139 e. The number of aliphatic hydroxyl groups excluding tert-OH is 1. The van der Waals surface area contributed by atoms with Gasteiger partial charge in [-0.15, -0.1) is 0 Å². The summed E-state index contributed by atoms with van der Waals surface area (Å²) in [5, 5.41) is 11.0. The predicted molar refractivity (Wildman–Crippen MR) is 71.4 cm³/mol. The maximum Gasteiger partial charge on any atom is 0.139 e. The number of hydrogen-bond donors (Lipinski definition) is 1. The normalized spacial score (nSPS) is 12.8. The largest absolute Gasteiger partial charge is 0.458 e. The van der Waals surface area contributed by atoms with E-state index in [2.05, 4.69) is 0 Å². The molecular weight excluding hydrogens is 262 g/mol. The Balaban J connectivity index is 2.08. The number of fused-ring (bicyclic) bond motifs is 1. The Morgan fingerprint density at radius 1 is 1.10 bits per heavy atom. The lowest BCUT2D eigenvalue weighted by Crippen LogP contribution is -2.01. The standard InChI is InChI=1S/C16H12F2O2/c1-9-3-2-4-10-7-14(20-16(9)10)15(19)12-6-5-11(17)8-13(12)18/h2-8,15,19H,1H3. The van der Waals surface area contributed by atoms with Crippen LogP contribution in [0.2, 0.25) is 0 Å². The van der Waals surface area contributed by atoms with E-state index < -0.39 is 17.7 Å². The zero-order valence-electron chi connectivity index (χ0n) is 10.7. The number of para-hydroxylation sites is 1. The van der Waals surface area contributed by atoms with Crippen molar-refractivity contribution >= 4 is 11.0 Å². The summed E-state index contributed by atoms with van der Waals surface area (Å²) in [6, 6.07) is 10.3. The van der Waals surface area contributed by atoms with Crippen LogP contribution in [0.15, 0.2) is 46.9 Å². The van der Waals surface area contributed by atoms with Crippen LogP contribution in [0.5, 0.6) is 0 Å². The molecule has 4 heteroatoms. The highest BCUT2D eigenvalue weighted by atomic mass is 19.1. The van der Waals surface area contributed by atoms with Crippen molar-refractivity contribution in [1.29, 1.82) is 0 Å². The second kappa shape index (κ2) is 4.72. The van der Waals surface area contributed by atoms with Gasteiger partial charge in [0.1, 0.15) is 29.1 Å². The molecule has 1 aromatic heterocycles. The van der Waals surface area contributed by atoms with Gasteiger partial charge >= 0.3 is 0 Å². The number of benzene rings is 2. The summed E-state index contributed by atoms with van der Waals surface area (Å²) >= 11 is 0. The Hall–Kier alpha value is -2.20. The molecule has 2 aromatic carbocycles. The maximum absolute atomic E-state index is 13.7. The minimum Gasteiger partial charge on any atom is -0.458 e. The fourth-order valence-corrected chi connectivity index (χ4v) is 2.24. The molecule has 102 valence electrons. The Morgan fingerprint density at radius 3 is 2.60 bits per heavy atom. The molecule has 20 heavy (non-hydrogen) atoms. The average molecular weight is 274 g/mol. The van der Waals surface area contributed by atoms with E-state index >= 15 is 0 Å². The molecule has 0 amide bonds. The van der Waals surface area contributed by atoms with E-state index in [1.165, 1.54) is 6.07 Å². The number of hydrogen-bond acceptors (Lipinski definition) is 2. The van der Waals surface area contributed by atoms with E-state index in [4.69, 9.17) is 4.42 Å². The van der Waals surface area contributed by atoms with Gasteiger partial charge in [0, 0.05) is 17.0 Å². The Kier molecular flexibility index (Phi) is 3.03. The third-order valence-electron chi connectivity index (χ3n) is 3.29. The first-order valence-electron chi connectivity index (χ1n) is 6.18. The van der Waals surface area contributed by atoms with Crippen LogP contribution in [-0.2, 0) is 0 Å². The van der Waals surface area contributed by atoms with Crippen molar-refractivity contribution < 1.29 is 18.3 Å². The van der Waals surface area contributed by atoms with Crippen molar-refractivity contribution in [1.82, 2.24) is 0 Å². The van der Waals surface area contributed by atoms with Crippen LogP contribution < -0.4 is 0 Å². The first-order chi connectivity index (χ1) is 9.56. The van der Waals surface area contributed by atoms with Crippen molar-refractivity contribution in [3.63, 3.8) is 0 Å². The zero-order chi connectivity index (χ0) is 14.3. The van der Waals surface area contributed by atoms with Gasteiger partial charge in [0.25, 0.3) is 0 Å². The number of aliphatic hydroxyl groups is 1. The molecule has 0 fully saturated rings. The molecule has 1 atom stereocenters. The van der Waals surface area contributed by atoms with Crippen LogP contribution in [0.4, 0.5) is 8.78 Å². The van der Waals surface area contributed by atoms with Gasteiger partial charge < -0.3 is 9.52 Å². The van der Waals surface area contributed by atoms with Gasteiger partial charge in [-0.3, -0.25) is 0 Å². The Labute approximate surface area is 114 Å². The lowest BCUT2D eigenvalue weighted by molar-refractivity contribution is 0.187. The van der Waals surface area contributed by atoms with E-state index in [0.717, 1.165) is 23.1 Å². The van der Waals surface area contributed by atoms with Crippen molar-refractivity contribution in [3.05, 3.63) is 71.0 Å². The van der Waals surface area contributed by atoms with Gasteiger partial charge in [-0.25, -0.2) is 8.78 Å². The summed E-state index contributed by atoms with van der Waals surface area (Å²) in [6.07, 6.45) is -1.26. The molecule has 0 bridgehead atoms. The minimum absolute atomic E-state index is 0.0110. The summed E-state index contributed by atoms with van der Waals surface area (Å²) in [6.45, 7) is 1.89. The van der Waals surface area contributed by atoms with Gasteiger partial charge in [0.2, 0.25) is 0 Å². The van der Waals surface area contributed by atoms with E-state index in [1.807, 2.05) is 25.1 Å². The highest BCUT2D eigenvalue weighted by Crippen LogP contribution is 2.31. The molecule has 3 rings (SSSR count). The van der Waals surface area contributed by atoms with Crippen LogP contribution >= 0.6 is 0 Å². The summed E-state index contributed by atoms with van der Waals surface area (Å²) in [7, 11) is 0. The van der Waals surface area contributed by atoms with Gasteiger partial charge in [-0.1, -0.05) is 24.3 Å². The van der Waals surface area contributed by atoms with Crippen LogP contribution in [0.1, 0.15) is 23.0 Å². The molecule has 1 N–H and O–H groups in total. The molecule has 2 nitrogen and oxygen atoms in total. The number of aryl methyl sites for hydroxylation is 1. The monoisotopic (exact) mass is 274 g/mol. The van der Waals surface area contributed by atoms with Crippen molar-refractivity contribution in [2.24, 2.45) is 0 Å². The quantitative estimate of drug-likeness (QED) is 0.763. The first-order valence-corrected chi connectivity index (χ1v) is 6.18. The Bertz CT molecular complexity index is 777. The van der Waals surface area contributed by atoms with E-state index in [-0.39, 0.29) is 11.3 Å². The predicted octanol–water partition coefficient (Wildman–Crippen LogP) is 4.10. The zero-order valence-corrected chi connectivity index (χ0v) is 10.7. The SMILES string of the molecule is Cc1cccc2cc(C(O)c3ccc(F)cc3F)oc12.